The molecule has 0 fully saturated rings. The molecule has 0 aliphatic carbocycles. The van der Waals surface area contributed by atoms with E-state index in [0.717, 1.165) is 37.0 Å². The highest BCUT2D eigenvalue weighted by atomic mass is 32.2. The topological polar surface area (TPSA) is 78.3 Å². The second-order valence-corrected chi connectivity index (χ2v) is 8.70. The molecule has 0 N–H and O–H groups in total. The van der Waals surface area contributed by atoms with E-state index in [0.29, 0.717) is 17.4 Å². The number of nitrogens with zero attached hydrogens (tertiary/aromatic N) is 2. The predicted octanol–water partition coefficient (Wildman–Crippen LogP) is 2.76. The molecule has 0 saturated heterocycles. The summed E-state index contributed by atoms with van der Waals surface area (Å²) in [4.78, 5) is 16.7. The lowest BCUT2D eigenvalue weighted by Gasteiger charge is -2.26. The van der Waals surface area contributed by atoms with Crippen LogP contribution in [-0.2, 0) is 21.1 Å². The van der Waals surface area contributed by atoms with Crippen LogP contribution < -0.4 is 0 Å². The fourth-order valence-corrected chi connectivity index (χ4v) is 4.36. The van der Waals surface area contributed by atoms with Crippen LogP contribution in [0.15, 0.2) is 17.0 Å². The minimum Gasteiger partial charge on any atom is -0.465 e. The van der Waals surface area contributed by atoms with Crippen molar-refractivity contribution in [3.63, 3.8) is 0 Å². The first kappa shape index (κ1) is 17.0. The molecule has 0 amide bonds. The molecule has 0 spiro atoms. The van der Waals surface area contributed by atoms with E-state index in [2.05, 4.69) is 18.4 Å². The van der Waals surface area contributed by atoms with Crippen molar-refractivity contribution in [2.75, 3.05) is 13.4 Å². The molecule has 0 unspecified atom stereocenters. The standard InChI is InChI=1S/C17H22N2O4S/c1-10(2)11-6-5-7-19-14-9-15(24(4,21)22)12(17(20)23-3)8-13(14)18-16(11)19/h8-11H,5-7H2,1-4H3/t11-/m1/s1. The molecule has 0 radical (unpaired) electrons. The van der Waals surface area contributed by atoms with Crippen LogP contribution in [-0.4, -0.2) is 37.3 Å². The van der Waals surface area contributed by atoms with Gasteiger partial charge in [-0.15, -0.1) is 0 Å². The summed E-state index contributed by atoms with van der Waals surface area (Å²) < 4.78 is 31.1. The van der Waals surface area contributed by atoms with Gasteiger partial charge in [0.25, 0.3) is 0 Å². The molecule has 2 aromatic rings. The highest BCUT2D eigenvalue weighted by Gasteiger charge is 2.29. The maximum absolute atomic E-state index is 12.1. The van der Waals surface area contributed by atoms with Gasteiger partial charge >= 0.3 is 5.97 Å². The summed E-state index contributed by atoms with van der Waals surface area (Å²) in [5, 5.41) is 0. The molecular weight excluding hydrogens is 328 g/mol. The van der Waals surface area contributed by atoms with Crippen LogP contribution in [0.5, 0.6) is 0 Å². The van der Waals surface area contributed by atoms with Gasteiger partial charge < -0.3 is 9.30 Å². The van der Waals surface area contributed by atoms with Crippen LogP contribution in [0, 0.1) is 5.92 Å². The first-order valence-corrected chi connectivity index (χ1v) is 9.95. The number of carbonyl (C=O) groups is 1. The maximum atomic E-state index is 12.1. The van der Waals surface area contributed by atoms with Crippen LogP contribution in [0.2, 0.25) is 0 Å². The quantitative estimate of drug-likeness (QED) is 0.796. The van der Waals surface area contributed by atoms with Crippen LogP contribution >= 0.6 is 0 Å². The van der Waals surface area contributed by atoms with Crippen LogP contribution in [0.1, 0.15) is 48.8 Å². The zero-order valence-electron chi connectivity index (χ0n) is 14.4. The summed E-state index contributed by atoms with van der Waals surface area (Å²) >= 11 is 0. The third-order valence-electron chi connectivity index (χ3n) is 4.72. The Morgan fingerprint density at radius 1 is 1.38 bits per heavy atom. The Hall–Kier alpha value is -1.89. The zero-order chi connectivity index (χ0) is 17.6. The van der Waals surface area contributed by atoms with Crippen molar-refractivity contribution in [2.24, 2.45) is 5.92 Å². The lowest BCUT2D eigenvalue weighted by Crippen LogP contribution is -2.19. The van der Waals surface area contributed by atoms with Gasteiger partial charge in [-0.1, -0.05) is 13.8 Å². The molecule has 1 aliphatic rings. The summed E-state index contributed by atoms with van der Waals surface area (Å²) in [5.74, 6) is 1.11. The highest BCUT2D eigenvalue weighted by Crippen LogP contribution is 2.36. The van der Waals surface area contributed by atoms with E-state index in [1.807, 2.05) is 0 Å². The Morgan fingerprint density at radius 2 is 2.08 bits per heavy atom. The SMILES string of the molecule is COC(=O)c1cc2nc3n(c2cc1S(C)(=O)=O)CCC[C@@H]3C(C)C. The summed E-state index contributed by atoms with van der Waals surface area (Å²) in [6.45, 7) is 5.15. The lowest BCUT2D eigenvalue weighted by atomic mass is 9.88. The highest BCUT2D eigenvalue weighted by molar-refractivity contribution is 7.90. The summed E-state index contributed by atoms with van der Waals surface area (Å²) in [6, 6.07) is 3.11. The third kappa shape index (κ3) is 2.70. The number of fused-ring (bicyclic) bond motifs is 3. The Morgan fingerprint density at radius 3 is 2.67 bits per heavy atom. The molecule has 7 heteroatoms. The number of methoxy groups -OCH3 is 1. The Kier molecular flexibility index (Phi) is 4.15. The van der Waals surface area contributed by atoms with Gasteiger partial charge in [-0.05, 0) is 30.9 Å². The second kappa shape index (κ2) is 5.88. The monoisotopic (exact) mass is 350 g/mol. The molecule has 24 heavy (non-hydrogen) atoms. The van der Waals surface area contributed by atoms with E-state index in [-0.39, 0.29) is 10.5 Å². The number of hydrogen-bond donors (Lipinski definition) is 0. The second-order valence-electron chi connectivity index (χ2n) is 6.72. The Labute approximate surface area is 141 Å². The van der Waals surface area contributed by atoms with Gasteiger partial charge in [-0.3, -0.25) is 0 Å². The van der Waals surface area contributed by atoms with Gasteiger partial charge in [-0.25, -0.2) is 18.2 Å². The minimum atomic E-state index is -3.56. The predicted molar refractivity (Wildman–Crippen MR) is 91.0 cm³/mol. The van der Waals surface area contributed by atoms with Crippen molar-refractivity contribution in [1.29, 1.82) is 0 Å². The van der Waals surface area contributed by atoms with E-state index in [4.69, 9.17) is 9.72 Å². The smallest absolute Gasteiger partial charge is 0.339 e. The molecule has 6 nitrogen and oxygen atoms in total. The van der Waals surface area contributed by atoms with E-state index >= 15 is 0 Å². The van der Waals surface area contributed by atoms with Gasteiger partial charge in [0.1, 0.15) is 5.82 Å². The first-order valence-electron chi connectivity index (χ1n) is 8.06. The number of benzene rings is 1. The van der Waals surface area contributed by atoms with Crippen molar-refractivity contribution in [3.8, 4) is 0 Å². The number of imidazole rings is 1. The molecule has 1 aromatic carbocycles. The number of aromatic nitrogens is 2. The maximum Gasteiger partial charge on any atom is 0.339 e. The van der Waals surface area contributed by atoms with Crippen molar-refractivity contribution in [1.82, 2.24) is 9.55 Å². The number of ether oxygens (including phenoxy) is 1. The lowest BCUT2D eigenvalue weighted by molar-refractivity contribution is 0.0596. The molecule has 0 saturated carbocycles. The van der Waals surface area contributed by atoms with Crippen LogP contribution in [0.3, 0.4) is 0 Å². The normalized spacial score (nSPS) is 18.0. The van der Waals surface area contributed by atoms with Crippen molar-refractivity contribution >= 4 is 26.8 Å². The number of rotatable bonds is 3. The van der Waals surface area contributed by atoms with Gasteiger partial charge in [0.15, 0.2) is 9.84 Å². The van der Waals surface area contributed by atoms with Crippen LogP contribution in [0.25, 0.3) is 11.0 Å². The number of sulfone groups is 1. The van der Waals surface area contributed by atoms with E-state index in [9.17, 15) is 13.2 Å². The van der Waals surface area contributed by atoms with Gasteiger partial charge in [-0.2, -0.15) is 0 Å². The number of carbonyl (C=O) groups excluding carboxylic acids is 1. The van der Waals surface area contributed by atoms with Crippen molar-refractivity contribution in [3.05, 3.63) is 23.5 Å². The molecule has 1 aromatic heterocycles. The molecule has 130 valence electrons. The summed E-state index contributed by atoms with van der Waals surface area (Å²) in [7, 11) is -2.31. The summed E-state index contributed by atoms with van der Waals surface area (Å²) in [5.41, 5.74) is 1.46. The number of esters is 1. The fraction of sp³-hybridized carbons (Fsp3) is 0.529. The Balaban J connectivity index is 2.31. The Bertz CT molecular complexity index is 912. The zero-order valence-corrected chi connectivity index (χ0v) is 15.2. The van der Waals surface area contributed by atoms with Crippen molar-refractivity contribution in [2.45, 2.75) is 44.0 Å². The summed E-state index contributed by atoms with van der Waals surface area (Å²) in [6.07, 6.45) is 3.21. The number of aryl methyl sites for hydroxylation is 1. The van der Waals surface area contributed by atoms with Crippen LogP contribution in [0.4, 0.5) is 0 Å². The third-order valence-corrected chi connectivity index (χ3v) is 5.85. The molecule has 1 aliphatic heterocycles. The largest absolute Gasteiger partial charge is 0.465 e. The molecule has 3 rings (SSSR count). The number of hydrogen-bond acceptors (Lipinski definition) is 5. The van der Waals surface area contributed by atoms with E-state index in [1.165, 1.54) is 7.11 Å². The fourth-order valence-electron chi connectivity index (χ4n) is 3.49. The average molecular weight is 350 g/mol. The first-order chi connectivity index (χ1) is 11.2. The molecule has 0 bridgehead atoms. The van der Waals surface area contributed by atoms with Gasteiger partial charge in [0, 0.05) is 18.7 Å². The molecule has 2 heterocycles. The average Bonchev–Trinajstić information content (AvgIpc) is 2.89. The molecule has 1 atom stereocenters. The van der Waals surface area contributed by atoms with E-state index in [1.54, 1.807) is 12.1 Å². The minimum absolute atomic E-state index is 0.00350. The van der Waals surface area contributed by atoms with Gasteiger partial charge in [0.2, 0.25) is 0 Å². The molecular formula is C17H22N2O4S. The van der Waals surface area contributed by atoms with Gasteiger partial charge in [0.05, 0.1) is 28.6 Å². The van der Waals surface area contributed by atoms with Crippen molar-refractivity contribution < 1.29 is 17.9 Å². The van der Waals surface area contributed by atoms with E-state index < -0.39 is 15.8 Å².